The molecule has 288 valence electrons. The maximum atomic E-state index is 11.5. The number of aliphatic hydroxyl groups is 1. The van der Waals surface area contributed by atoms with Crippen LogP contribution in [0.5, 0.6) is 0 Å². The molecule has 0 aromatic carbocycles. The highest BCUT2D eigenvalue weighted by Crippen LogP contribution is 2.31. The Labute approximate surface area is 325 Å². The first-order valence-electron chi connectivity index (χ1n) is 15.9. The van der Waals surface area contributed by atoms with Crippen molar-refractivity contribution in [3.05, 3.63) is 75.7 Å². The van der Waals surface area contributed by atoms with Crippen LogP contribution in [0.15, 0.2) is 34.6 Å². The summed E-state index contributed by atoms with van der Waals surface area (Å²) in [6.07, 6.45) is 6.99. The summed E-state index contributed by atoms with van der Waals surface area (Å²) in [5.41, 5.74) is 3.24. The van der Waals surface area contributed by atoms with E-state index in [1.807, 2.05) is 45.9 Å². The Morgan fingerprint density at radius 1 is 0.784 bits per heavy atom. The Balaban J connectivity index is -0.000000628. The van der Waals surface area contributed by atoms with Crippen molar-refractivity contribution in [2.75, 3.05) is 26.4 Å². The summed E-state index contributed by atoms with van der Waals surface area (Å²) in [5, 5.41) is 8.00. The second kappa shape index (κ2) is 30.6. The third kappa shape index (κ3) is 20.6. The van der Waals surface area contributed by atoms with Gasteiger partial charge in [0.2, 0.25) is 0 Å². The van der Waals surface area contributed by atoms with Gasteiger partial charge in [-0.3, -0.25) is 0 Å². The van der Waals surface area contributed by atoms with Crippen molar-refractivity contribution in [1.29, 1.82) is 0 Å². The Bertz CT molecular complexity index is 1440. The molecule has 0 spiro atoms. The minimum absolute atomic E-state index is 0. The smallest absolute Gasteiger partial charge is 0.348 e. The van der Waals surface area contributed by atoms with Gasteiger partial charge in [0.25, 0.3) is 0 Å². The molecule has 9 nitrogen and oxygen atoms in total. The number of aldehydes is 2. The minimum Gasteiger partial charge on any atom is -0.462 e. The summed E-state index contributed by atoms with van der Waals surface area (Å²) in [6, 6.07) is 5.52. The molecule has 1 atom stereocenters. The van der Waals surface area contributed by atoms with Crippen LogP contribution in [-0.2, 0) is 30.2 Å². The summed E-state index contributed by atoms with van der Waals surface area (Å²) >= 11 is 7.64. The molecule has 0 amide bonds. The molecule has 0 bridgehead atoms. The highest BCUT2D eigenvalue weighted by molar-refractivity contribution is 9.11. The number of thiophene rings is 3. The van der Waals surface area contributed by atoms with E-state index in [4.69, 9.17) is 19.3 Å². The fourth-order valence-electron chi connectivity index (χ4n) is 3.81. The number of hydrogen-bond acceptors (Lipinski definition) is 12. The van der Waals surface area contributed by atoms with Gasteiger partial charge in [-0.2, -0.15) is 0 Å². The first-order chi connectivity index (χ1) is 23.3. The number of carbonyl (C=O) groups excluding carboxylic acids is 5. The van der Waals surface area contributed by atoms with Crippen molar-refractivity contribution in [1.82, 2.24) is 0 Å². The van der Waals surface area contributed by atoms with Crippen molar-refractivity contribution in [2.24, 2.45) is 0 Å². The lowest BCUT2D eigenvalue weighted by atomic mass is 10.0. The SMILES string of the molecule is C.C.C=CCCO.CCOC(=O)c1cc(C)c(Br)s1.CCOC(=O)c1cc(C)c(C(C)CC=O)s1.CCOC(=O)c1cc(C)c(CCCC=O)s1. The third-order valence-corrected chi connectivity index (χ3v) is 11.1. The van der Waals surface area contributed by atoms with Crippen LogP contribution in [0.2, 0.25) is 0 Å². The molecule has 0 aliphatic rings. The van der Waals surface area contributed by atoms with E-state index in [1.165, 1.54) is 38.9 Å². The van der Waals surface area contributed by atoms with Crippen molar-refractivity contribution in [2.45, 2.75) is 101 Å². The maximum Gasteiger partial charge on any atom is 0.348 e. The van der Waals surface area contributed by atoms with Crippen LogP contribution in [0, 0.1) is 20.8 Å². The van der Waals surface area contributed by atoms with Crippen molar-refractivity contribution in [3.8, 4) is 0 Å². The van der Waals surface area contributed by atoms with Gasteiger partial charge < -0.3 is 28.9 Å². The van der Waals surface area contributed by atoms with Crippen LogP contribution < -0.4 is 0 Å². The quantitative estimate of drug-likeness (QED) is 0.0522. The highest BCUT2D eigenvalue weighted by Gasteiger charge is 2.17. The first kappa shape index (κ1) is 52.4. The number of carbonyl (C=O) groups is 5. The van der Waals surface area contributed by atoms with Gasteiger partial charge in [-0.15, -0.1) is 40.6 Å². The van der Waals surface area contributed by atoms with Gasteiger partial charge in [0.05, 0.1) is 23.6 Å². The molecular formula is C38H57BrO9S3. The molecule has 0 saturated carbocycles. The zero-order chi connectivity index (χ0) is 37.4. The molecule has 13 heteroatoms. The number of aliphatic hydroxyl groups excluding tert-OH is 1. The zero-order valence-corrected chi connectivity index (χ0v) is 33.5. The molecule has 51 heavy (non-hydrogen) atoms. The van der Waals surface area contributed by atoms with Crippen LogP contribution in [0.1, 0.15) is 130 Å². The molecule has 3 aromatic rings. The molecular weight excluding hydrogens is 777 g/mol. The van der Waals surface area contributed by atoms with Crippen LogP contribution in [-0.4, -0.2) is 62.0 Å². The van der Waals surface area contributed by atoms with E-state index in [2.05, 4.69) is 22.5 Å². The Hall–Kier alpha value is -2.97. The summed E-state index contributed by atoms with van der Waals surface area (Å²) in [4.78, 5) is 59.0. The van der Waals surface area contributed by atoms with E-state index >= 15 is 0 Å². The average molecular weight is 834 g/mol. The Kier molecular flexibility index (Phi) is 31.5. The fraction of sp³-hybridized carbons (Fsp3) is 0.500. The topological polar surface area (TPSA) is 133 Å². The molecule has 0 aliphatic heterocycles. The number of aryl methyl sites for hydroxylation is 4. The minimum atomic E-state index is -0.278. The number of unbranched alkanes of at least 4 members (excludes halogenated alkanes) is 1. The molecule has 3 aromatic heterocycles. The molecule has 3 rings (SSSR count). The van der Waals surface area contributed by atoms with Gasteiger partial charge >= 0.3 is 17.9 Å². The van der Waals surface area contributed by atoms with E-state index in [0.717, 1.165) is 50.8 Å². The fourth-order valence-corrected chi connectivity index (χ4v) is 7.48. The van der Waals surface area contributed by atoms with Gasteiger partial charge in [0, 0.05) is 29.2 Å². The molecule has 0 saturated heterocycles. The second-order valence-corrected chi connectivity index (χ2v) is 14.9. The molecule has 1 unspecified atom stereocenters. The van der Waals surface area contributed by atoms with Gasteiger partial charge in [0.15, 0.2) is 0 Å². The zero-order valence-electron chi connectivity index (χ0n) is 29.4. The van der Waals surface area contributed by atoms with Crippen LogP contribution in [0.3, 0.4) is 0 Å². The van der Waals surface area contributed by atoms with Crippen LogP contribution in [0.25, 0.3) is 0 Å². The molecule has 0 radical (unpaired) electrons. The van der Waals surface area contributed by atoms with Gasteiger partial charge in [-0.05, 0) is 118 Å². The number of halogens is 1. The molecule has 1 N–H and O–H groups in total. The average Bonchev–Trinajstić information content (AvgIpc) is 3.75. The summed E-state index contributed by atoms with van der Waals surface area (Å²) < 4.78 is 15.7. The van der Waals surface area contributed by atoms with Crippen molar-refractivity contribution < 1.29 is 43.3 Å². The maximum absolute atomic E-state index is 11.5. The van der Waals surface area contributed by atoms with Gasteiger partial charge in [-0.25, -0.2) is 14.4 Å². The summed E-state index contributed by atoms with van der Waals surface area (Å²) in [6.45, 7) is 18.1. The van der Waals surface area contributed by atoms with E-state index in [-0.39, 0.29) is 45.3 Å². The van der Waals surface area contributed by atoms with E-state index in [1.54, 1.807) is 26.8 Å². The van der Waals surface area contributed by atoms with Crippen molar-refractivity contribution in [3.63, 3.8) is 0 Å². The largest absolute Gasteiger partial charge is 0.462 e. The number of esters is 3. The van der Waals surface area contributed by atoms with Crippen molar-refractivity contribution >= 4 is 80.4 Å². The van der Waals surface area contributed by atoms with E-state index in [0.29, 0.717) is 53.7 Å². The summed E-state index contributed by atoms with van der Waals surface area (Å²) in [5.74, 6) is -0.598. The normalized spacial score (nSPS) is 10.1. The standard InChI is InChI=1S/2C12H16O3S.C8H9BrO2S.C4H8O.2CH4/c1-4-15-12(14)10-7-9(3)11(16-10)8(2)5-6-13;1-3-15-12(14)11-8-9(2)10(16-11)6-4-5-7-13;1-3-11-8(10)6-4-5(2)7(9)12-6;1-2-3-4-5;;/h6-8H,4-5H2,1-3H3;7-8H,3-6H2,1-2H3;4H,3H2,1-2H3;2,5H,1,3-4H2;2*1H4. The Morgan fingerprint density at radius 2 is 1.25 bits per heavy atom. The lowest BCUT2D eigenvalue weighted by Crippen LogP contribution is -2.01. The van der Waals surface area contributed by atoms with Gasteiger partial charge in [0.1, 0.15) is 27.2 Å². The number of ether oxygens (including phenoxy) is 3. The molecule has 0 aliphatic carbocycles. The predicted molar refractivity (Wildman–Crippen MR) is 216 cm³/mol. The number of rotatable bonds is 15. The van der Waals surface area contributed by atoms with Gasteiger partial charge in [-0.1, -0.05) is 27.9 Å². The van der Waals surface area contributed by atoms with E-state index in [9.17, 15) is 24.0 Å². The highest BCUT2D eigenvalue weighted by atomic mass is 79.9. The molecule has 3 heterocycles. The predicted octanol–water partition coefficient (Wildman–Crippen LogP) is 10.5. The lowest BCUT2D eigenvalue weighted by Gasteiger charge is -2.05. The van der Waals surface area contributed by atoms with Crippen LogP contribution in [0.4, 0.5) is 0 Å². The van der Waals surface area contributed by atoms with Crippen LogP contribution >= 0.6 is 49.9 Å². The molecule has 0 fully saturated rings. The number of hydrogen-bond donors (Lipinski definition) is 1. The monoisotopic (exact) mass is 832 g/mol. The first-order valence-corrected chi connectivity index (χ1v) is 19.1. The van der Waals surface area contributed by atoms with E-state index < -0.39 is 0 Å². The second-order valence-electron chi connectivity index (χ2n) is 10.3. The lowest BCUT2D eigenvalue weighted by molar-refractivity contribution is -0.108. The third-order valence-electron chi connectivity index (χ3n) is 6.22. The Morgan fingerprint density at radius 3 is 1.65 bits per heavy atom. The summed E-state index contributed by atoms with van der Waals surface area (Å²) in [7, 11) is 0.